The predicted octanol–water partition coefficient (Wildman–Crippen LogP) is 0.733. The first kappa shape index (κ1) is 6.05. The second kappa shape index (κ2) is 2.03. The van der Waals surface area contributed by atoms with Gasteiger partial charge in [-0.2, -0.15) is 0 Å². The van der Waals surface area contributed by atoms with Gasteiger partial charge in [0.05, 0.1) is 0 Å². The van der Waals surface area contributed by atoms with Crippen molar-refractivity contribution >= 4 is 0 Å². The standard InChI is InChI=1S/C6H14N2/c1-5(2)8(7)6-3-4-6/h5-6H,3-4,7H2,1-2H3. The van der Waals surface area contributed by atoms with Crippen LogP contribution in [-0.4, -0.2) is 17.1 Å². The molecule has 1 saturated carbocycles. The molecule has 2 heteroatoms. The molecule has 0 aromatic carbocycles. The Kier molecular flexibility index (Phi) is 1.54. The fourth-order valence-corrected chi connectivity index (χ4v) is 0.794. The van der Waals surface area contributed by atoms with Gasteiger partial charge in [-0.05, 0) is 26.7 Å². The lowest BCUT2D eigenvalue weighted by atomic mass is 10.4. The Balaban J connectivity index is 2.22. The summed E-state index contributed by atoms with van der Waals surface area (Å²) in [5.74, 6) is 5.66. The van der Waals surface area contributed by atoms with E-state index in [2.05, 4.69) is 13.8 Å². The Labute approximate surface area is 50.6 Å². The van der Waals surface area contributed by atoms with Crippen molar-refractivity contribution in [1.29, 1.82) is 0 Å². The molecule has 1 aliphatic rings. The van der Waals surface area contributed by atoms with Gasteiger partial charge < -0.3 is 0 Å². The van der Waals surface area contributed by atoms with E-state index in [1.807, 2.05) is 5.01 Å². The van der Waals surface area contributed by atoms with E-state index in [0.717, 1.165) is 0 Å². The van der Waals surface area contributed by atoms with Gasteiger partial charge in [0.15, 0.2) is 0 Å². The van der Waals surface area contributed by atoms with Gasteiger partial charge in [-0.25, -0.2) is 5.01 Å². The molecule has 0 atom stereocenters. The summed E-state index contributed by atoms with van der Waals surface area (Å²) >= 11 is 0. The zero-order chi connectivity index (χ0) is 6.15. The first-order valence-electron chi connectivity index (χ1n) is 3.25. The van der Waals surface area contributed by atoms with Gasteiger partial charge in [0, 0.05) is 12.1 Å². The molecule has 2 N–H and O–H groups in total. The van der Waals surface area contributed by atoms with Crippen LogP contribution in [0.4, 0.5) is 0 Å². The summed E-state index contributed by atoms with van der Waals surface area (Å²) in [6.45, 7) is 4.25. The van der Waals surface area contributed by atoms with Crippen molar-refractivity contribution in [3.63, 3.8) is 0 Å². The Hall–Kier alpha value is -0.0800. The Morgan fingerprint density at radius 1 is 1.50 bits per heavy atom. The molecular formula is C6H14N2. The molecule has 2 nitrogen and oxygen atoms in total. The van der Waals surface area contributed by atoms with Crippen LogP contribution < -0.4 is 5.84 Å². The molecule has 0 spiro atoms. The highest BCUT2D eigenvalue weighted by atomic mass is 15.4. The van der Waals surface area contributed by atoms with E-state index in [9.17, 15) is 0 Å². The summed E-state index contributed by atoms with van der Waals surface area (Å²) in [6, 6.07) is 1.22. The maximum Gasteiger partial charge on any atom is 0.0245 e. The number of hydrazine groups is 1. The maximum atomic E-state index is 5.66. The predicted molar refractivity (Wildman–Crippen MR) is 34.2 cm³/mol. The molecule has 0 amide bonds. The number of rotatable bonds is 2. The van der Waals surface area contributed by atoms with E-state index in [-0.39, 0.29) is 0 Å². The van der Waals surface area contributed by atoms with Gasteiger partial charge in [0.2, 0.25) is 0 Å². The average Bonchev–Trinajstić information content (AvgIpc) is 2.43. The lowest BCUT2D eigenvalue weighted by Crippen LogP contribution is -2.39. The van der Waals surface area contributed by atoms with E-state index in [1.54, 1.807) is 0 Å². The molecule has 0 aliphatic heterocycles. The lowest BCUT2D eigenvalue weighted by molar-refractivity contribution is 0.217. The quantitative estimate of drug-likeness (QED) is 0.423. The Morgan fingerprint density at radius 2 is 2.00 bits per heavy atom. The minimum absolute atomic E-state index is 0.516. The molecule has 1 rings (SSSR count). The van der Waals surface area contributed by atoms with Crippen molar-refractivity contribution in [3.8, 4) is 0 Å². The van der Waals surface area contributed by atoms with E-state index < -0.39 is 0 Å². The Morgan fingerprint density at radius 3 is 2.12 bits per heavy atom. The van der Waals surface area contributed by atoms with Gasteiger partial charge in [0.1, 0.15) is 0 Å². The summed E-state index contributed by atoms with van der Waals surface area (Å²) in [6.07, 6.45) is 2.60. The fraction of sp³-hybridized carbons (Fsp3) is 1.00. The molecule has 1 fully saturated rings. The monoisotopic (exact) mass is 114 g/mol. The lowest BCUT2D eigenvalue weighted by Gasteiger charge is -2.18. The van der Waals surface area contributed by atoms with Crippen LogP contribution >= 0.6 is 0 Å². The van der Waals surface area contributed by atoms with Crippen LogP contribution in [0.2, 0.25) is 0 Å². The molecule has 8 heavy (non-hydrogen) atoms. The summed E-state index contributed by atoms with van der Waals surface area (Å²) in [7, 11) is 0. The van der Waals surface area contributed by atoms with Gasteiger partial charge in [-0.1, -0.05) is 0 Å². The zero-order valence-corrected chi connectivity index (χ0v) is 5.59. The molecule has 1 aliphatic carbocycles. The smallest absolute Gasteiger partial charge is 0.0245 e. The molecular weight excluding hydrogens is 100 g/mol. The third-order valence-corrected chi connectivity index (χ3v) is 1.56. The molecule has 48 valence electrons. The fourth-order valence-electron chi connectivity index (χ4n) is 0.794. The van der Waals surface area contributed by atoms with Crippen LogP contribution in [0, 0.1) is 0 Å². The highest BCUT2D eigenvalue weighted by molar-refractivity contribution is 4.82. The van der Waals surface area contributed by atoms with Crippen molar-refractivity contribution in [3.05, 3.63) is 0 Å². The van der Waals surface area contributed by atoms with E-state index >= 15 is 0 Å². The number of nitrogens with two attached hydrogens (primary N) is 1. The van der Waals surface area contributed by atoms with Crippen molar-refractivity contribution in [2.75, 3.05) is 0 Å². The van der Waals surface area contributed by atoms with Gasteiger partial charge in [-0.3, -0.25) is 5.84 Å². The summed E-state index contributed by atoms with van der Waals surface area (Å²) < 4.78 is 0. The SMILES string of the molecule is CC(C)N(N)C1CC1. The molecule has 0 saturated heterocycles. The van der Waals surface area contributed by atoms with Crippen LogP contribution in [0.5, 0.6) is 0 Å². The summed E-state index contributed by atoms with van der Waals surface area (Å²) in [4.78, 5) is 0. The third-order valence-electron chi connectivity index (χ3n) is 1.56. The largest absolute Gasteiger partial charge is 0.268 e. The average molecular weight is 114 g/mol. The maximum absolute atomic E-state index is 5.66. The van der Waals surface area contributed by atoms with Crippen LogP contribution in [0.3, 0.4) is 0 Å². The van der Waals surface area contributed by atoms with E-state index in [0.29, 0.717) is 12.1 Å². The first-order chi connectivity index (χ1) is 3.72. The molecule has 0 aromatic rings. The topological polar surface area (TPSA) is 29.3 Å². The minimum Gasteiger partial charge on any atom is -0.268 e. The van der Waals surface area contributed by atoms with E-state index in [4.69, 9.17) is 5.84 Å². The van der Waals surface area contributed by atoms with Crippen molar-refractivity contribution < 1.29 is 0 Å². The van der Waals surface area contributed by atoms with E-state index in [1.165, 1.54) is 12.8 Å². The molecule has 0 bridgehead atoms. The number of hydrogen-bond donors (Lipinski definition) is 1. The van der Waals surface area contributed by atoms with Crippen LogP contribution in [0.15, 0.2) is 0 Å². The Bertz CT molecular complexity index is 74.6. The second-order valence-corrected chi connectivity index (χ2v) is 2.77. The van der Waals surface area contributed by atoms with Crippen molar-refractivity contribution in [2.45, 2.75) is 38.8 Å². The highest BCUT2D eigenvalue weighted by Crippen LogP contribution is 2.25. The first-order valence-corrected chi connectivity index (χ1v) is 3.25. The number of hydrogen-bond acceptors (Lipinski definition) is 2. The summed E-state index contributed by atoms with van der Waals surface area (Å²) in [5, 5.41) is 1.94. The third kappa shape index (κ3) is 1.20. The van der Waals surface area contributed by atoms with Gasteiger partial charge in [-0.15, -0.1) is 0 Å². The second-order valence-electron chi connectivity index (χ2n) is 2.77. The van der Waals surface area contributed by atoms with Gasteiger partial charge >= 0.3 is 0 Å². The van der Waals surface area contributed by atoms with Crippen LogP contribution in [0.25, 0.3) is 0 Å². The molecule has 0 radical (unpaired) electrons. The minimum atomic E-state index is 0.516. The number of nitrogens with zero attached hydrogens (tertiary/aromatic N) is 1. The zero-order valence-electron chi connectivity index (χ0n) is 5.59. The van der Waals surface area contributed by atoms with Gasteiger partial charge in [0.25, 0.3) is 0 Å². The van der Waals surface area contributed by atoms with Crippen molar-refractivity contribution in [2.24, 2.45) is 5.84 Å². The normalized spacial score (nSPS) is 20.6. The molecule has 0 heterocycles. The van der Waals surface area contributed by atoms with Crippen LogP contribution in [0.1, 0.15) is 26.7 Å². The highest BCUT2D eigenvalue weighted by Gasteiger charge is 2.27. The van der Waals surface area contributed by atoms with Crippen LogP contribution in [-0.2, 0) is 0 Å². The molecule has 0 unspecified atom stereocenters. The molecule has 0 aromatic heterocycles. The van der Waals surface area contributed by atoms with Crippen molar-refractivity contribution in [1.82, 2.24) is 5.01 Å². The summed E-state index contributed by atoms with van der Waals surface area (Å²) in [5.41, 5.74) is 0.